The Morgan fingerprint density at radius 3 is 2.77 bits per heavy atom. The van der Waals surface area contributed by atoms with Crippen molar-refractivity contribution in [1.82, 2.24) is 14.1 Å². The second-order valence-electron chi connectivity index (χ2n) is 5.50. The van der Waals surface area contributed by atoms with Gasteiger partial charge in [-0.25, -0.2) is 9.78 Å². The Labute approximate surface area is 148 Å². The van der Waals surface area contributed by atoms with Crippen LogP contribution >= 0.6 is 0 Å². The lowest BCUT2D eigenvalue weighted by Gasteiger charge is -2.12. The van der Waals surface area contributed by atoms with Crippen LogP contribution in [0.15, 0.2) is 46.1 Å². The third-order valence-corrected chi connectivity index (χ3v) is 3.96. The second kappa shape index (κ2) is 7.11. The van der Waals surface area contributed by atoms with Crippen LogP contribution in [0, 0.1) is 11.3 Å². The third-order valence-electron chi connectivity index (χ3n) is 3.96. The highest BCUT2D eigenvalue weighted by Gasteiger charge is 2.12. The maximum atomic E-state index is 12.5. The number of hydrogen-bond acceptors (Lipinski definition) is 6. The molecule has 8 heteroatoms. The van der Waals surface area contributed by atoms with Crippen molar-refractivity contribution in [3.05, 3.63) is 62.9 Å². The molecule has 26 heavy (non-hydrogen) atoms. The standard InChI is InChI=1S/C18H16N4O4/c1-21-16-13(4-3-7-20-16)17(23)22(18(21)24)8-9-26-14-6-5-12(11-19)10-15(14)25-2/h3-7,10H,8-9H2,1-2H3. The zero-order valence-corrected chi connectivity index (χ0v) is 14.3. The van der Waals surface area contributed by atoms with E-state index in [0.717, 1.165) is 4.57 Å². The first-order valence-electron chi connectivity index (χ1n) is 7.82. The summed E-state index contributed by atoms with van der Waals surface area (Å²) in [6.07, 6.45) is 1.53. The van der Waals surface area contributed by atoms with E-state index in [0.29, 0.717) is 28.1 Å². The summed E-state index contributed by atoms with van der Waals surface area (Å²) in [6, 6.07) is 10.1. The van der Waals surface area contributed by atoms with E-state index in [1.165, 1.54) is 17.9 Å². The van der Waals surface area contributed by atoms with Crippen LogP contribution in [0.5, 0.6) is 11.5 Å². The maximum Gasteiger partial charge on any atom is 0.332 e. The number of hydrogen-bond donors (Lipinski definition) is 0. The topological polar surface area (TPSA) is 99.1 Å². The molecule has 2 aromatic heterocycles. The first kappa shape index (κ1) is 17.2. The lowest BCUT2D eigenvalue weighted by atomic mass is 10.2. The fourth-order valence-electron chi connectivity index (χ4n) is 2.64. The Balaban J connectivity index is 1.87. The van der Waals surface area contributed by atoms with Crippen LogP contribution in [0.25, 0.3) is 11.0 Å². The van der Waals surface area contributed by atoms with Crippen molar-refractivity contribution in [2.75, 3.05) is 13.7 Å². The zero-order chi connectivity index (χ0) is 18.7. The van der Waals surface area contributed by atoms with Crippen molar-refractivity contribution >= 4 is 11.0 Å². The number of nitriles is 1. The molecule has 132 valence electrons. The highest BCUT2D eigenvalue weighted by Crippen LogP contribution is 2.27. The van der Waals surface area contributed by atoms with Gasteiger partial charge in [-0.2, -0.15) is 5.26 Å². The van der Waals surface area contributed by atoms with Gasteiger partial charge in [0.15, 0.2) is 11.5 Å². The van der Waals surface area contributed by atoms with E-state index in [2.05, 4.69) is 4.98 Å². The molecule has 0 bridgehead atoms. The summed E-state index contributed by atoms with van der Waals surface area (Å²) in [5.41, 5.74) is -0.0852. The number of pyridine rings is 1. The van der Waals surface area contributed by atoms with Crippen molar-refractivity contribution in [2.24, 2.45) is 7.05 Å². The summed E-state index contributed by atoms with van der Waals surface area (Å²) in [5, 5.41) is 9.29. The predicted octanol–water partition coefficient (Wildman–Crippen LogP) is 1.05. The highest BCUT2D eigenvalue weighted by molar-refractivity contribution is 5.73. The van der Waals surface area contributed by atoms with Gasteiger partial charge in [0.1, 0.15) is 12.3 Å². The van der Waals surface area contributed by atoms with E-state index in [9.17, 15) is 9.59 Å². The van der Waals surface area contributed by atoms with Crippen LogP contribution in [-0.4, -0.2) is 27.8 Å². The highest BCUT2D eigenvalue weighted by atomic mass is 16.5. The van der Waals surface area contributed by atoms with Gasteiger partial charge in [0.25, 0.3) is 5.56 Å². The van der Waals surface area contributed by atoms with Crippen LogP contribution in [0.4, 0.5) is 0 Å². The van der Waals surface area contributed by atoms with Crippen LogP contribution in [0.2, 0.25) is 0 Å². The molecule has 0 spiro atoms. The molecule has 3 aromatic rings. The van der Waals surface area contributed by atoms with Gasteiger partial charge < -0.3 is 9.47 Å². The Hall–Kier alpha value is -3.60. The molecule has 8 nitrogen and oxygen atoms in total. The summed E-state index contributed by atoms with van der Waals surface area (Å²) >= 11 is 0. The third kappa shape index (κ3) is 3.02. The number of ether oxygens (including phenoxy) is 2. The quantitative estimate of drug-likeness (QED) is 0.681. The van der Waals surface area contributed by atoms with Crippen molar-refractivity contribution in [3.63, 3.8) is 0 Å². The molecule has 0 saturated carbocycles. The van der Waals surface area contributed by atoms with Crippen molar-refractivity contribution < 1.29 is 9.47 Å². The zero-order valence-electron chi connectivity index (χ0n) is 14.3. The molecule has 0 fully saturated rings. The van der Waals surface area contributed by atoms with Crippen molar-refractivity contribution in [3.8, 4) is 17.6 Å². The van der Waals surface area contributed by atoms with Crippen LogP contribution in [0.1, 0.15) is 5.56 Å². The largest absolute Gasteiger partial charge is 0.493 e. The van der Waals surface area contributed by atoms with Gasteiger partial charge in [-0.3, -0.25) is 13.9 Å². The molecule has 0 saturated heterocycles. The first-order chi connectivity index (χ1) is 12.6. The van der Waals surface area contributed by atoms with Gasteiger partial charge in [0.05, 0.1) is 30.7 Å². The normalized spacial score (nSPS) is 10.5. The molecule has 0 aliphatic carbocycles. The van der Waals surface area contributed by atoms with Gasteiger partial charge in [-0.05, 0) is 24.3 Å². The van der Waals surface area contributed by atoms with Crippen LogP contribution in [0.3, 0.4) is 0 Å². The SMILES string of the molecule is COc1cc(C#N)ccc1OCCn1c(=O)c2cccnc2n(C)c1=O. The summed E-state index contributed by atoms with van der Waals surface area (Å²) in [6.45, 7) is 0.155. The molecule has 0 N–H and O–H groups in total. The average Bonchev–Trinajstić information content (AvgIpc) is 2.68. The number of fused-ring (bicyclic) bond motifs is 1. The molecule has 3 rings (SSSR count). The molecular weight excluding hydrogens is 336 g/mol. The molecule has 0 radical (unpaired) electrons. The second-order valence-corrected chi connectivity index (χ2v) is 5.50. The molecule has 1 aromatic carbocycles. The summed E-state index contributed by atoms with van der Waals surface area (Å²) < 4.78 is 13.3. The fourth-order valence-corrected chi connectivity index (χ4v) is 2.64. The maximum absolute atomic E-state index is 12.5. The van der Waals surface area contributed by atoms with Gasteiger partial charge in [0.2, 0.25) is 0 Å². The van der Waals surface area contributed by atoms with E-state index in [1.54, 1.807) is 37.4 Å². The van der Waals surface area contributed by atoms with Gasteiger partial charge in [-0.1, -0.05) is 0 Å². The van der Waals surface area contributed by atoms with Gasteiger partial charge in [0, 0.05) is 19.3 Å². The van der Waals surface area contributed by atoms with E-state index < -0.39 is 11.2 Å². The molecule has 2 heterocycles. The molecule has 0 aliphatic heterocycles. The first-order valence-corrected chi connectivity index (χ1v) is 7.82. The predicted molar refractivity (Wildman–Crippen MR) is 94.4 cm³/mol. The molecule has 0 atom stereocenters. The summed E-state index contributed by atoms with van der Waals surface area (Å²) in [4.78, 5) is 29.1. The minimum Gasteiger partial charge on any atom is -0.493 e. The number of nitrogens with zero attached hydrogens (tertiary/aromatic N) is 4. The lowest BCUT2D eigenvalue weighted by Crippen LogP contribution is -2.40. The monoisotopic (exact) mass is 352 g/mol. The number of rotatable bonds is 5. The number of aromatic nitrogens is 3. The van der Waals surface area contributed by atoms with Crippen LogP contribution < -0.4 is 20.7 Å². The summed E-state index contributed by atoms with van der Waals surface area (Å²) in [7, 11) is 3.04. The smallest absolute Gasteiger partial charge is 0.332 e. The minimum atomic E-state index is -0.461. The molecule has 0 amide bonds. The van der Waals surface area contributed by atoms with E-state index in [4.69, 9.17) is 14.7 Å². The fraction of sp³-hybridized carbons (Fsp3) is 0.222. The Kier molecular flexibility index (Phi) is 4.71. The molecule has 0 unspecified atom stereocenters. The number of methoxy groups -OCH3 is 1. The average molecular weight is 352 g/mol. The Morgan fingerprint density at radius 1 is 1.23 bits per heavy atom. The lowest BCUT2D eigenvalue weighted by molar-refractivity contribution is 0.275. The van der Waals surface area contributed by atoms with Crippen molar-refractivity contribution in [2.45, 2.75) is 6.54 Å². The molecule has 0 aliphatic rings. The van der Waals surface area contributed by atoms with Gasteiger partial charge in [-0.15, -0.1) is 0 Å². The van der Waals surface area contributed by atoms with Crippen molar-refractivity contribution in [1.29, 1.82) is 5.26 Å². The number of aryl methyl sites for hydroxylation is 1. The Morgan fingerprint density at radius 2 is 2.04 bits per heavy atom. The summed E-state index contributed by atoms with van der Waals surface area (Å²) in [5.74, 6) is 0.839. The van der Waals surface area contributed by atoms with E-state index >= 15 is 0 Å². The minimum absolute atomic E-state index is 0.0689. The molecular formula is C18H16N4O4. The van der Waals surface area contributed by atoms with E-state index in [1.807, 2.05) is 6.07 Å². The number of benzene rings is 1. The Bertz CT molecular complexity index is 1120. The van der Waals surface area contributed by atoms with Crippen LogP contribution in [-0.2, 0) is 13.6 Å². The van der Waals surface area contributed by atoms with Gasteiger partial charge >= 0.3 is 5.69 Å². The van der Waals surface area contributed by atoms with E-state index in [-0.39, 0.29) is 13.2 Å².